The van der Waals surface area contributed by atoms with Crippen LogP contribution in [0.15, 0.2) is 254 Å². The van der Waals surface area contributed by atoms with Crippen molar-refractivity contribution < 1.29 is 4.42 Å². The quantitative estimate of drug-likeness (QED) is 0.129. The molecule has 0 saturated heterocycles. The normalized spacial score (nSPS) is 14.2. The van der Waals surface area contributed by atoms with Crippen LogP contribution in [0.25, 0.3) is 150 Å². The molecule has 1 atom stereocenters. The van der Waals surface area contributed by atoms with E-state index in [1.165, 1.54) is 5.57 Å². The Balaban J connectivity index is 0.739. The van der Waals surface area contributed by atoms with E-state index in [4.69, 9.17) is 24.4 Å². The second-order valence-corrected chi connectivity index (χ2v) is 21.9. The molecule has 2 aliphatic rings. The Morgan fingerprint density at radius 2 is 0.931 bits per heavy atom. The minimum Gasteiger partial charge on any atom is -0.455 e. The highest BCUT2D eigenvalue weighted by atomic mass is 16.3. The van der Waals surface area contributed by atoms with E-state index < -0.39 is 0 Å². The predicted octanol–water partition coefficient (Wildman–Crippen LogP) is 17.1. The van der Waals surface area contributed by atoms with E-state index in [1.54, 1.807) is 19.0 Å². The summed E-state index contributed by atoms with van der Waals surface area (Å²) in [7, 11) is 0. The molecule has 0 N–H and O–H groups in total. The molecule has 0 aliphatic heterocycles. The Morgan fingerprint density at radius 3 is 1.56 bits per heavy atom. The van der Waals surface area contributed by atoms with Crippen molar-refractivity contribution >= 4 is 76.7 Å². The number of fused-ring (bicyclic) bond motifs is 9. The van der Waals surface area contributed by atoms with Gasteiger partial charge in [0.2, 0.25) is 0 Å². The van der Waals surface area contributed by atoms with E-state index in [1.807, 2.05) is 73.1 Å². The van der Waals surface area contributed by atoms with Gasteiger partial charge in [-0.25, -0.2) is 44.9 Å². The second-order valence-electron chi connectivity index (χ2n) is 21.9. The minimum absolute atomic E-state index is 0.00680. The summed E-state index contributed by atoms with van der Waals surface area (Å²) in [5, 5.41) is 6.35. The third-order valence-electron chi connectivity index (χ3n) is 16.9. The molecule has 13 nitrogen and oxygen atoms in total. The summed E-state index contributed by atoms with van der Waals surface area (Å²) in [4.78, 5) is 47.1. The number of rotatable bonds is 10. The highest BCUT2D eigenvalue weighted by molar-refractivity contribution is 6.14. The lowest BCUT2D eigenvalue weighted by atomic mass is 9.92. The van der Waals surface area contributed by atoms with E-state index in [0.717, 1.165) is 141 Å². The van der Waals surface area contributed by atoms with Gasteiger partial charge in [-0.2, -0.15) is 0 Å². The molecule has 7 aromatic heterocycles. The van der Waals surface area contributed by atoms with E-state index >= 15 is 0 Å². The topological polar surface area (TPSA) is 152 Å². The highest BCUT2D eigenvalue weighted by Gasteiger charge is 2.25. The molecule has 410 valence electrons. The first-order chi connectivity index (χ1) is 43.1. The second kappa shape index (κ2) is 20.6. The maximum Gasteiger partial charge on any atom is 0.163 e. The molecular formula is C74H48N12O. The van der Waals surface area contributed by atoms with E-state index in [-0.39, 0.29) is 6.04 Å². The van der Waals surface area contributed by atoms with Crippen LogP contribution in [0.4, 0.5) is 0 Å². The number of aromatic nitrogens is 12. The molecule has 1 unspecified atom stereocenters. The Labute approximate surface area is 497 Å². The average molecular weight is 1120 g/mol. The van der Waals surface area contributed by atoms with Crippen LogP contribution < -0.4 is 0 Å². The minimum atomic E-state index is 0.00680. The van der Waals surface area contributed by atoms with E-state index in [0.29, 0.717) is 34.9 Å². The average Bonchev–Trinajstić information content (AvgIpc) is 2.53. The zero-order valence-electron chi connectivity index (χ0n) is 46.6. The van der Waals surface area contributed by atoms with Gasteiger partial charge < -0.3 is 13.6 Å². The summed E-state index contributed by atoms with van der Waals surface area (Å²) < 4.78 is 12.0. The Kier molecular flexibility index (Phi) is 11.8. The third kappa shape index (κ3) is 8.62. The van der Waals surface area contributed by atoms with E-state index in [2.05, 4.69) is 197 Å². The summed E-state index contributed by atoms with van der Waals surface area (Å²) in [5.74, 6) is 3.77. The van der Waals surface area contributed by atoms with Crippen LogP contribution in [0.5, 0.6) is 0 Å². The zero-order chi connectivity index (χ0) is 57.4. The summed E-state index contributed by atoms with van der Waals surface area (Å²) >= 11 is 0. The van der Waals surface area contributed by atoms with Crippen molar-refractivity contribution in [3.05, 3.63) is 261 Å². The summed E-state index contributed by atoms with van der Waals surface area (Å²) in [5.41, 5.74) is 16.9. The molecule has 0 saturated carbocycles. The van der Waals surface area contributed by atoms with Gasteiger partial charge in [0.15, 0.2) is 34.9 Å². The Bertz CT molecular complexity index is 5400. The molecule has 0 amide bonds. The molecule has 0 spiro atoms. The van der Waals surface area contributed by atoms with Crippen molar-refractivity contribution in [1.82, 2.24) is 59.0 Å². The fraction of sp³-hybridized carbons (Fsp3) is 0.0541. The van der Waals surface area contributed by atoms with Crippen molar-refractivity contribution in [2.75, 3.05) is 0 Å². The van der Waals surface area contributed by atoms with Gasteiger partial charge in [-0.15, -0.1) is 0 Å². The number of nitrogens with zero attached hydrogens (tertiary/aromatic N) is 12. The monoisotopic (exact) mass is 1120 g/mol. The van der Waals surface area contributed by atoms with Gasteiger partial charge in [-0.3, -0.25) is 4.98 Å². The first-order valence-electron chi connectivity index (χ1n) is 29.1. The summed E-state index contributed by atoms with van der Waals surface area (Å²) in [6, 6.07) is 63.3. The fourth-order valence-corrected chi connectivity index (χ4v) is 12.8. The maximum atomic E-state index is 7.20. The molecule has 0 radical (unpaired) electrons. The van der Waals surface area contributed by atoms with Crippen molar-refractivity contribution in [2.45, 2.75) is 25.3 Å². The summed E-state index contributed by atoms with van der Waals surface area (Å²) in [6.45, 7) is 0. The fourth-order valence-electron chi connectivity index (χ4n) is 12.8. The van der Waals surface area contributed by atoms with Crippen molar-refractivity contribution in [3.63, 3.8) is 0 Å². The van der Waals surface area contributed by atoms with Crippen LogP contribution >= 0.6 is 0 Å². The Hall–Kier alpha value is -11.7. The summed E-state index contributed by atoms with van der Waals surface area (Å²) in [6.07, 6.45) is 24.3. The van der Waals surface area contributed by atoms with Gasteiger partial charge in [-0.05, 0) is 109 Å². The number of allylic oxidation sites excluding steroid dienone is 8. The van der Waals surface area contributed by atoms with Gasteiger partial charge >= 0.3 is 0 Å². The lowest BCUT2D eigenvalue weighted by molar-refractivity contribution is 0.651. The molecule has 15 aromatic rings. The lowest BCUT2D eigenvalue weighted by Gasteiger charge is -2.23. The standard InChI is InChI=1S/C74H48N12O/c1-4-14-45(15-5-1)69-76-42-79-72(82-69)50-28-31-63-59(38-50)60-39-51(73-80-43-77-70(83-73)46-16-6-2-7-17-46)29-32-64(60)85(63)53-22-10-20-48(36-53)55-24-12-26-57-58-27-13-25-56(68(58)87-67(55)57)49-21-11-23-54(37-49)86-65-33-30-52(40-61(65)62-41-75-35-34-66(62)86)74-81-44-78-71(84-74)47-18-8-3-9-19-47/h1-6,8-16,18-36,38-44,54H,7,17,37H2. The smallest absolute Gasteiger partial charge is 0.163 e. The molecular weight excluding hydrogens is 1070 g/mol. The van der Waals surface area contributed by atoms with Gasteiger partial charge in [0.05, 0.1) is 22.6 Å². The van der Waals surface area contributed by atoms with E-state index in [9.17, 15) is 0 Å². The molecule has 0 fully saturated rings. The molecule has 0 bridgehead atoms. The van der Waals surface area contributed by atoms with Crippen LogP contribution in [0.3, 0.4) is 0 Å². The molecule has 17 rings (SSSR count). The van der Waals surface area contributed by atoms with Crippen LogP contribution in [-0.2, 0) is 0 Å². The van der Waals surface area contributed by atoms with Gasteiger partial charge in [0.25, 0.3) is 0 Å². The number of furan rings is 1. The number of benzene rings is 8. The molecule has 7 heterocycles. The van der Waals surface area contributed by atoms with Gasteiger partial charge in [0, 0.05) is 94.9 Å². The van der Waals surface area contributed by atoms with Crippen LogP contribution in [0, 0.1) is 0 Å². The molecule has 8 aromatic carbocycles. The van der Waals surface area contributed by atoms with Crippen molar-refractivity contribution in [1.29, 1.82) is 0 Å². The maximum absolute atomic E-state index is 7.20. The van der Waals surface area contributed by atoms with Gasteiger partial charge in [0.1, 0.15) is 30.1 Å². The van der Waals surface area contributed by atoms with Gasteiger partial charge in [-0.1, -0.05) is 146 Å². The SMILES string of the molecule is C1=CCCC(c2ncnc(-c3ccc4c(c3)c3cc(-c5ncnc(-c6ccccc6)n5)ccc3n4-c3cccc(-c4cccc5c4oc4c(C6=CC=CC(n7c8ccncc8c8cc(-c9ncnc(-c%10ccccc%10)n9)ccc87)C6)cccc45)c3)n2)=C1. The number of para-hydroxylation sites is 2. The Morgan fingerprint density at radius 1 is 0.402 bits per heavy atom. The number of hydrogen-bond donors (Lipinski definition) is 0. The molecule has 13 heteroatoms. The van der Waals surface area contributed by atoms with Crippen LogP contribution in [0.2, 0.25) is 0 Å². The largest absolute Gasteiger partial charge is 0.455 e. The number of hydrogen-bond acceptors (Lipinski definition) is 11. The van der Waals surface area contributed by atoms with Crippen molar-refractivity contribution in [2.24, 2.45) is 0 Å². The van der Waals surface area contributed by atoms with Crippen LogP contribution in [0.1, 0.15) is 36.7 Å². The molecule has 2 aliphatic carbocycles. The van der Waals surface area contributed by atoms with Crippen molar-refractivity contribution in [3.8, 4) is 73.8 Å². The number of pyridine rings is 1. The first-order valence-corrected chi connectivity index (χ1v) is 29.1. The molecule has 87 heavy (non-hydrogen) atoms. The zero-order valence-corrected chi connectivity index (χ0v) is 46.6. The third-order valence-corrected chi connectivity index (χ3v) is 16.9. The lowest BCUT2D eigenvalue weighted by Crippen LogP contribution is -2.09. The highest BCUT2D eigenvalue weighted by Crippen LogP contribution is 2.45. The predicted molar refractivity (Wildman–Crippen MR) is 345 cm³/mol. The van der Waals surface area contributed by atoms with Crippen LogP contribution in [-0.4, -0.2) is 59.0 Å². The first kappa shape index (κ1) is 49.9.